The van der Waals surface area contributed by atoms with Crippen LogP contribution < -0.4 is 5.32 Å². The van der Waals surface area contributed by atoms with E-state index < -0.39 is 0 Å². The van der Waals surface area contributed by atoms with Crippen LogP contribution in [0.15, 0.2) is 24.5 Å². The summed E-state index contributed by atoms with van der Waals surface area (Å²) in [6, 6.07) is 4.98. The van der Waals surface area contributed by atoms with Gasteiger partial charge in [0.15, 0.2) is 0 Å². The molecule has 17 heavy (non-hydrogen) atoms. The molecule has 2 heteroatoms. The third-order valence-electron chi connectivity index (χ3n) is 3.96. The van der Waals surface area contributed by atoms with E-state index >= 15 is 0 Å². The van der Waals surface area contributed by atoms with Gasteiger partial charge < -0.3 is 5.32 Å². The first-order valence-electron chi connectivity index (χ1n) is 7.00. The maximum atomic E-state index is 4.04. The highest BCUT2D eigenvalue weighted by atomic mass is 14.9. The molecule has 0 radical (unpaired) electrons. The van der Waals surface area contributed by atoms with Crippen molar-refractivity contribution in [3.05, 3.63) is 30.1 Å². The zero-order valence-corrected chi connectivity index (χ0v) is 10.9. The van der Waals surface area contributed by atoms with E-state index in [9.17, 15) is 0 Å². The zero-order chi connectivity index (χ0) is 11.9. The second kappa shape index (κ2) is 6.75. The van der Waals surface area contributed by atoms with E-state index in [1.165, 1.54) is 37.7 Å². The van der Waals surface area contributed by atoms with Crippen molar-refractivity contribution < 1.29 is 0 Å². The summed E-state index contributed by atoms with van der Waals surface area (Å²) >= 11 is 0. The van der Waals surface area contributed by atoms with Gasteiger partial charge in [-0.05, 0) is 49.4 Å². The van der Waals surface area contributed by atoms with Gasteiger partial charge in [-0.25, -0.2) is 0 Å². The molecule has 2 unspecified atom stereocenters. The largest absolute Gasteiger partial charge is 0.314 e. The Hall–Kier alpha value is -0.890. The lowest BCUT2D eigenvalue weighted by molar-refractivity contribution is 0.280. The fourth-order valence-corrected chi connectivity index (χ4v) is 2.82. The topological polar surface area (TPSA) is 24.9 Å². The highest BCUT2D eigenvalue weighted by Gasteiger charge is 2.19. The van der Waals surface area contributed by atoms with E-state index in [2.05, 4.69) is 29.4 Å². The van der Waals surface area contributed by atoms with Crippen LogP contribution in [0.3, 0.4) is 0 Å². The molecule has 0 bridgehead atoms. The summed E-state index contributed by atoms with van der Waals surface area (Å²) in [5, 5.41) is 3.71. The molecule has 1 aliphatic carbocycles. The number of hydrogen-bond donors (Lipinski definition) is 1. The first kappa shape index (κ1) is 12.6. The van der Waals surface area contributed by atoms with Gasteiger partial charge >= 0.3 is 0 Å². The van der Waals surface area contributed by atoms with Gasteiger partial charge in [0, 0.05) is 18.4 Å². The van der Waals surface area contributed by atoms with E-state index in [0.717, 1.165) is 24.9 Å². The summed E-state index contributed by atoms with van der Waals surface area (Å²) in [6.07, 6.45) is 11.8. The fraction of sp³-hybridized carbons (Fsp3) is 0.667. The number of rotatable bonds is 5. The molecule has 1 fully saturated rings. The molecule has 1 N–H and O–H groups in total. The van der Waals surface area contributed by atoms with Crippen molar-refractivity contribution in [3.63, 3.8) is 0 Å². The summed E-state index contributed by atoms with van der Waals surface area (Å²) < 4.78 is 0. The summed E-state index contributed by atoms with van der Waals surface area (Å²) in [7, 11) is 0. The molecule has 0 amide bonds. The van der Waals surface area contributed by atoms with Gasteiger partial charge in [-0.15, -0.1) is 0 Å². The molecule has 0 aliphatic heterocycles. The van der Waals surface area contributed by atoms with E-state index in [0.29, 0.717) is 0 Å². The second-order valence-corrected chi connectivity index (χ2v) is 5.20. The minimum absolute atomic E-state index is 0.760. The predicted octanol–water partition coefficient (Wildman–Crippen LogP) is 3.18. The molecule has 0 spiro atoms. The fourth-order valence-electron chi connectivity index (χ4n) is 2.82. The molecule has 1 aromatic rings. The predicted molar refractivity (Wildman–Crippen MR) is 72.0 cm³/mol. The Bertz CT molecular complexity index is 310. The van der Waals surface area contributed by atoms with Gasteiger partial charge in [0.05, 0.1) is 0 Å². The lowest BCUT2D eigenvalue weighted by Gasteiger charge is -2.29. The lowest BCUT2D eigenvalue weighted by Crippen LogP contribution is -2.35. The van der Waals surface area contributed by atoms with Crippen molar-refractivity contribution >= 4 is 0 Å². The molecular formula is C15H24N2. The van der Waals surface area contributed by atoms with Crippen molar-refractivity contribution in [1.29, 1.82) is 0 Å². The molecule has 1 aromatic heterocycles. The summed E-state index contributed by atoms with van der Waals surface area (Å²) in [5.74, 6) is 0.960. The van der Waals surface area contributed by atoms with Gasteiger partial charge in [0.1, 0.15) is 0 Å². The average molecular weight is 232 g/mol. The number of nitrogens with one attached hydrogen (secondary N) is 1. The SMILES string of the molecule is CCC1CCCC(NCCc2ccncc2)C1. The van der Waals surface area contributed by atoms with E-state index in [1.807, 2.05) is 12.4 Å². The van der Waals surface area contributed by atoms with Crippen LogP contribution in [0.5, 0.6) is 0 Å². The van der Waals surface area contributed by atoms with Crippen LogP contribution in [0.1, 0.15) is 44.6 Å². The van der Waals surface area contributed by atoms with Crippen LogP contribution in [0, 0.1) is 5.92 Å². The molecule has 2 atom stereocenters. The van der Waals surface area contributed by atoms with Crippen LogP contribution in [0.4, 0.5) is 0 Å². The molecule has 0 saturated heterocycles. The Morgan fingerprint density at radius 3 is 2.88 bits per heavy atom. The van der Waals surface area contributed by atoms with Crippen LogP contribution in [0.25, 0.3) is 0 Å². The standard InChI is InChI=1S/C15H24N2/c1-2-13-4-3-5-15(12-13)17-11-8-14-6-9-16-10-7-14/h6-7,9-10,13,15,17H,2-5,8,11-12H2,1H3. The molecule has 1 aliphatic rings. The monoisotopic (exact) mass is 232 g/mol. The Morgan fingerprint density at radius 2 is 2.12 bits per heavy atom. The van der Waals surface area contributed by atoms with Crippen LogP contribution >= 0.6 is 0 Å². The summed E-state index contributed by atoms with van der Waals surface area (Å²) in [4.78, 5) is 4.04. The van der Waals surface area contributed by atoms with E-state index in [-0.39, 0.29) is 0 Å². The minimum Gasteiger partial charge on any atom is -0.314 e. The molecule has 2 rings (SSSR count). The van der Waals surface area contributed by atoms with Gasteiger partial charge in [-0.2, -0.15) is 0 Å². The Balaban J connectivity index is 1.68. The normalized spacial score (nSPS) is 24.8. The second-order valence-electron chi connectivity index (χ2n) is 5.20. The third kappa shape index (κ3) is 4.12. The maximum Gasteiger partial charge on any atom is 0.0270 e. The summed E-state index contributed by atoms with van der Waals surface area (Å²) in [6.45, 7) is 3.43. The molecule has 94 valence electrons. The quantitative estimate of drug-likeness (QED) is 0.843. The highest BCUT2D eigenvalue weighted by molar-refractivity contribution is 5.09. The van der Waals surface area contributed by atoms with Crippen molar-refractivity contribution in [2.45, 2.75) is 51.5 Å². The smallest absolute Gasteiger partial charge is 0.0270 e. The van der Waals surface area contributed by atoms with Crippen LogP contribution in [-0.4, -0.2) is 17.6 Å². The first-order chi connectivity index (χ1) is 8.38. The van der Waals surface area contributed by atoms with Crippen LogP contribution in [0.2, 0.25) is 0 Å². The van der Waals surface area contributed by atoms with Crippen molar-refractivity contribution in [2.75, 3.05) is 6.54 Å². The van der Waals surface area contributed by atoms with Crippen molar-refractivity contribution in [3.8, 4) is 0 Å². The highest BCUT2D eigenvalue weighted by Crippen LogP contribution is 2.26. The van der Waals surface area contributed by atoms with Crippen LogP contribution in [-0.2, 0) is 6.42 Å². The average Bonchev–Trinajstić information content (AvgIpc) is 2.40. The lowest BCUT2D eigenvalue weighted by atomic mass is 9.84. The van der Waals surface area contributed by atoms with Gasteiger partial charge in [-0.3, -0.25) is 4.98 Å². The number of nitrogens with zero attached hydrogens (tertiary/aromatic N) is 1. The minimum atomic E-state index is 0.760. The molecular weight excluding hydrogens is 208 g/mol. The summed E-state index contributed by atoms with van der Waals surface area (Å²) in [5.41, 5.74) is 1.38. The molecule has 2 nitrogen and oxygen atoms in total. The van der Waals surface area contributed by atoms with Crippen molar-refractivity contribution in [2.24, 2.45) is 5.92 Å². The van der Waals surface area contributed by atoms with E-state index in [4.69, 9.17) is 0 Å². The number of pyridine rings is 1. The van der Waals surface area contributed by atoms with Gasteiger partial charge in [-0.1, -0.05) is 26.2 Å². The van der Waals surface area contributed by atoms with Crippen molar-refractivity contribution in [1.82, 2.24) is 10.3 Å². The number of aromatic nitrogens is 1. The zero-order valence-electron chi connectivity index (χ0n) is 10.9. The Labute approximate surface area is 105 Å². The Kier molecular flexibility index (Phi) is 4.99. The van der Waals surface area contributed by atoms with E-state index in [1.54, 1.807) is 0 Å². The Morgan fingerprint density at radius 1 is 1.29 bits per heavy atom. The molecule has 1 saturated carbocycles. The number of hydrogen-bond acceptors (Lipinski definition) is 2. The van der Waals surface area contributed by atoms with Gasteiger partial charge in [0.25, 0.3) is 0 Å². The first-order valence-corrected chi connectivity index (χ1v) is 7.00. The molecule has 1 heterocycles. The molecule has 0 aromatic carbocycles. The third-order valence-corrected chi connectivity index (χ3v) is 3.96. The van der Waals surface area contributed by atoms with Gasteiger partial charge in [0.2, 0.25) is 0 Å². The maximum absolute atomic E-state index is 4.04.